The van der Waals surface area contributed by atoms with Crippen molar-refractivity contribution in [2.45, 2.75) is 25.4 Å². The molecule has 3 rings (SSSR count). The summed E-state index contributed by atoms with van der Waals surface area (Å²) in [6, 6.07) is 7.74. The Bertz CT molecular complexity index is 434. The van der Waals surface area contributed by atoms with Gasteiger partial charge in [-0.2, -0.15) is 0 Å². The molecule has 0 bridgehead atoms. The first-order valence-corrected chi connectivity index (χ1v) is 7.60. The molecule has 1 aromatic rings. The summed E-state index contributed by atoms with van der Waals surface area (Å²) in [5, 5.41) is 0. The Hall–Kier alpha value is -0.970. The largest absolute Gasteiger partial charge is 0.379 e. The number of halogens is 1. The number of rotatable bonds is 3. The van der Waals surface area contributed by atoms with Crippen molar-refractivity contribution in [3.63, 3.8) is 0 Å². The summed E-state index contributed by atoms with van der Waals surface area (Å²) in [5.41, 5.74) is 0.815. The number of ether oxygens (including phenoxy) is 1. The summed E-state index contributed by atoms with van der Waals surface area (Å²) >= 11 is 0. The van der Waals surface area contributed by atoms with Crippen molar-refractivity contribution >= 4 is 0 Å². The molecule has 0 radical (unpaired) electrons. The second kappa shape index (κ2) is 6.66. The normalized spacial score (nSPS) is 25.8. The summed E-state index contributed by atoms with van der Waals surface area (Å²) in [6.45, 7) is 6.64. The number of likely N-dealkylation sites (tertiary alicyclic amines) is 1. The highest BCUT2D eigenvalue weighted by Gasteiger charge is 2.26. The number of morpholine rings is 1. The summed E-state index contributed by atoms with van der Waals surface area (Å²) in [5.74, 6) is -0.0824. The fourth-order valence-corrected chi connectivity index (χ4v) is 3.28. The lowest BCUT2D eigenvalue weighted by Crippen LogP contribution is -2.51. The fraction of sp³-hybridized carbons (Fsp3) is 0.625. The number of benzene rings is 1. The lowest BCUT2D eigenvalue weighted by atomic mass is 10.0. The van der Waals surface area contributed by atoms with E-state index in [0.717, 1.165) is 51.5 Å². The van der Waals surface area contributed by atoms with Gasteiger partial charge in [0.15, 0.2) is 0 Å². The summed E-state index contributed by atoms with van der Waals surface area (Å²) in [4.78, 5) is 4.93. The van der Waals surface area contributed by atoms with Gasteiger partial charge in [0.2, 0.25) is 0 Å². The predicted octanol–water partition coefficient (Wildman–Crippen LogP) is 2.12. The number of hydrogen-bond acceptors (Lipinski definition) is 3. The fourth-order valence-electron chi connectivity index (χ4n) is 3.28. The van der Waals surface area contributed by atoms with Crippen LogP contribution in [0.1, 0.15) is 18.4 Å². The molecule has 1 unspecified atom stereocenters. The van der Waals surface area contributed by atoms with Crippen LogP contribution in [-0.4, -0.2) is 55.2 Å². The Morgan fingerprint density at radius 3 is 2.75 bits per heavy atom. The first-order chi connectivity index (χ1) is 9.83. The second-order valence-corrected chi connectivity index (χ2v) is 5.77. The van der Waals surface area contributed by atoms with E-state index in [0.29, 0.717) is 6.04 Å². The molecular formula is C16H23FN2O. The van der Waals surface area contributed by atoms with Crippen LogP contribution in [0.2, 0.25) is 0 Å². The van der Waals surface area contributed by atoms with Crippen LogP contribution in [0.4, 0.5) is 4.39 Å². The average Bonchev–Trinajstić information content (AvgIpc) is 2.51. The maximum absolute atomic E-state index is 13.7. The van der Waals surface area contributed by atoms with Gasteiger partial charge in [0.05, 0.1) is 13.2 Å². The Labute approximate surface area is 120 Å². The van der Waals surface area contributed by atoms with Crippen LogP contribution in [-0.2, 0) is 11.3 Å². The van der Waals surface area contributed by atoms with E-state index in [1.165, 1.54) is 12.8 Å². The SMILES string of the molecule is Fc1ccccc1CN1CCCC(N2CCOCC2)C1. The molecule has 0 amide bonds. The van der Waals surface area contributed by atoms with Crippen molar-refractivity contribution in [2.75, 3.05) is 39.4 Å². The quantitative estimate of drug-likeness (QED) is 0.842. The second-order valence-electron chi connectivity index (χ2n) is 5.77. The van der Waals surface area contributed by atoms with Gasteiger partial charge in [0, 0.05) is 37.8 Å². The Kier molecular flexibility index (Phi) is 4.65. The van der Waals surface area contributed by atoms with E-state index in [4.69, 9.17) is 4.74 Å². The zero-order valence-corrected chi connectivity index (χ0v) is 11.9. The molecule has 2 aliphatic rings. The molecule has 2 heterocycles. The van der Waals surface area contributed by atoms with Crippen molar-refractivity contribution in [1.82, 2.24) is 9.80 Å². The predicted molar refractivity (Wildman–Crippen MR) is 77.1 cm³/mol. The summed E-state index contributed by atoms with van der Waals surface area (Å²) in [7, 11) is 0. The monoisotopic (exact) mass is 278 g/mol. The van der Waals surface area contributed by atoms with Crippen molar-refractivity contribution in [3.8, 4) is 0 Å². The minimum atomic E-state index is -0.0824. The smallest absolute Gasteiger partial charge is 0.127 e. The number of piperidine rings is 1. The highest BCUT2D eigenvalue weighted by atomic mass is 19.1. The maximum Gasteiger partial charge on any atom is 0.127 e. The van der Waals surface area contributed by atoms with E-state index in [1.807, 2.05) is 12.1 Å². The number of nitrogens with zero attached hydrogens (tertiary/aromatic N) is 2. The molecular weight excluding hydrogens is 255 g/mol. The topological polar surface area (TPSA) is 15.7 Å². The molecule has 0 aromatic heterocycles. The first-order valence-electron chi connectivity index (χ1n) is 7.60. The van der Waals surface area contributed by atoms with Gasteiger partial charge >= 0.3 is 0 Å². The lowest BCUT2D eigenvalue weighted by molar-refractivity contribution is -0.00368. The van der Waals surface area contributed by atoms with E-state index in [-0.39, 0.29) is 5.82 Å². The van der Waals surface area contributed by atoms with Gasteiger partial charge in [-0.1, -0.05) is 18.2 Å². The molecule has 2 fully saturated rings. The molecule has 2 aliphatic heterocycles. The third-order valence-electron chi connectivity index (χ3n) is 4.39. The van der Waals surface area contributed by atoms with Crippen LogP contribution in [0.25, 0.3) is 0 Å². The van der Waals surface area contributed by atoms with Crippen LogP contribution in [0, 0.1) is 5.82 Å². The Morgan fingerprint density at radius 2 is 1.95 bits per heavy atom. The molecule has 2 saturated heterocycles. The zero-order valence-electron chi connectivity index (χ0n) is 11.9. The molecule has 0 saturated carbocycles. The van der Waals surface area contributed by atoms with Gasteiger partial charge in [0.1, 0.15) is 5.82 Å². The van der Waals surface area contributed by atoms with Crippen molar-refractivity contribution in [1.29, 1.82) is 0 Å². The van der Waals surface area contributed by atoms with E-state index in [9.17, 15) is 4.39 Å². The molecule has 20 heavy (non-hydrogen) atoms. The number of hydrogen-bond donors (Lipinski definition) is 0. The van der Waals surface area contributed by atoms with E-state index in [1.54, 1.807) is 12.1 Å². The molecule has 3 nitrogen and oxygen atoms in total. The minimum Gasteiger partial charge on any atom is -0.379 e. The zero-order chi connectivity index (χ0) is 13.8. The van der Waals surface area contributed by atoms with Gasteiger partial charge in [-0.3, -0.25) is 9.80 Å². The van der Waals surface area contributed by atoms with Gasteiger partial charge in [-0.25, -0.2) is 4.39 Å². The van der Waals surface area contributed by atoms with Gasteiger partial charge in [0.25, 0.3) is 0 Å². The van der Waals surface area contributed by atoms with Crippen molar-refractivity contribution in [3.05, 3.63) is 35.6 Å². The average molecular weight is 278 g/mol. The van der Waals surface area contributed by atoms with Crippen molar-refractivity contribution in [2.24, 2.45) is 0 Å². The first kappa shape index (κ1) is 14.0. The van der Waals surface area contributed by atoms with Crippen LogP contribution in [0.5, 0.6) is 0 Å². The lowest BCUT2D eigenvalue weighted by Gasteiger charge is -2.40. The maximum atomic E-state index is 13.7. The van der Waals surface area contributed by atoms with Crippen molar-refractivity contribution < 1.29 is 9.13 Å². The van der Waals surface area contributed by atoms with Crippen LogP contribution >= 0.6 is 0 Å². The minimum absolute atomic E-state index is 0.0824. The molecule has 1 aromatic carbocycles. The van der Waals surface area contributed by atoms with E-state index in [2.05, 4.69) is 9.80 Å². The Balaban J connectivity index is 1.59. The molecule has 0 N–H and O–H groups in total. The third kappa shape index (κ3) is 3.37. The molecule has 1 atom stereocenters. The summed E-state index contributed by atoms with van der Waals surface area (Å²) in [6.07, 6.45) is 2.46. The highest BCUT2D eigenvalue weighted by molar-refractivity contribution is 5.17. The van der Waals surface area contributed by atoms with Crippen LogP contribution in [0.15, 0.2) is 24.3 Å². The van der Waals surface area contributed by atoms with Gasteiger partial charge < -0.3 is 4.74 Å². The summed E-state index contributed by atoms with van der Waals surface area (Å²) < 4.78 is 19.2. The standard InChI is InChI=1S/C16H23FN2O/c17-16-6-2-1-4-14(16)12-18-7-3-5-15(13-18)19-8-10-20-11-9-19/h1-2,4,6,15H,3,5,7-13H2. The Morgan fingerprint density at radius 1 is 1.15 bits per heavy atom. The van der Waals surface area contributed by atoms with Crippen LogP contribution in [0.3, 0.4) is 0 Å². The van der Waals surface area contributed by atoms with E-state index >= 15 is 0 Å². The van der Waals surface area contributed by atoms with Crippen LogP contribution < -0.4 is 0 Å². The van der Waals surface area contributed by atoms with Gasteiger partial charge in [-0.15, -0.1) is 0 Å². The molecule has 4 heteroatoms. The van der Waals surface area contributed by atoms with Gasteiger partial charge in [-0.05, 0) is 25.5 Å². The molecule has 110 valence electrons. The highest BCUT2D eigenvalue weighted by Crippen LogP contribution is 2.19. The third-order valence-corrected chi connectivity index (χ3v) is 4.39. The molecule has 0 aliphatic carbocycles. The van der Waals surface area contributed by atoms with E-state index < -0.39 is 0 Å². The molecule has 0 spiro atoms.